The first kappa shape index (κ1) is 16.7. The number of rotatable bonds is 4. The molecule has 0 unspecified atom stereocenters. The molecule has 27 heavy (non-hydrogen) atoms. The van der Waals surface area contributed by atoms with Crippen LogP contribution in [-0.2, 0) is 0 Å². The molecule has 0 aliphatic rings. The molecule has 0 aliphatic carbocycles. The number of hydrogen-bond acceptors (Lipinski definition) is 5. The van der Waals surface area contributed by atoms with Gasteiger partial charge in [0, 0.05) is 23.0 Å². The van der Waals surface area contributed by atoms with Gasteiger partial charge < -0.3 is 15.6 Å². The zero-order chi connectivity index (χ0) is 18.8. The number of nitrogens with two attached hydrogens (primary N) is 1. The Morgan fingerprint density at radius 2 is 1.78 bits per heavy atom. The van der Waals surface area contributed by atoms with Crippen LogP contribution in [0.1, 0.15) is 11.3 Å². The topological polar surface area (TPSA) is 88.8 Å². The summed E-state index contributed by atoms with van der Waals surface area (Å²) < 4.78 is 19.0. The molecule has 2 aromatic heterocycles. The second-order valence-corrected chi connectivity index (χ2v) is 5.90. The third-order valence-corrected chi connectivity index (χ3v) is 4.23. The van der Waals surface area contributed by atoms with Crippen molar-refractivity contribution in [1.82, 2.24) is 9.97 Å². The van der Waals surface area contributed by atoms with E-state index in [0.29, 0.717) is 39.4 Å². The van der Waals surface area contributed by atoms with E-state index >= 15 is 0 Å². The Morgan fingerprint density at radius 3 is 2.48 bits per heavy atom. The van der Waals surface area contributed by atoms with Crippen LogP contribution in [0.15, 0.2) is 71.4 Å². The van der Waals surface area contributed by atoms with Gasteiger partial charge in [-0.25, -0.2) is 14.4 Å². The average molecular weight is 358 g/mol. The lowest BCUT2D eigenvalue weighted by atomic mass is 10.0. The number of fused-ring (bicyclic) bond motifs is 1. The first-order valence-electron chi connectivity index (χ1n) is 8.24. The number of aromatic nitrogens is 2. The normalized spacial score (nSPS) is 12.0. The first-order valence-corrected chi connectivity index (χ1v) is 8.24. The maximum absolute atomic E-state index is 13.2. The average Bonchev–Trinajstić information content (AvgIpc) is 3.15. The summed E-state index contributed by atoms with van der Waals surface area (Å²) in [5, 5.41) is 8.49. The molecular formula is C21H15FN4O. The van der Waals surface area contributed by atoms with Crippen molar-refractivity contribution in [3.63, 3.8) is 0 Å². The number of hydrogen-bond donors (Lipinski definition) is 2. The van der Waals surface area contributed by atoms with E-state index in [2.05, 4.69) is 9.97 Å². The minimum Gasteiger partial charge on any atom is -0.438 e. The van der Waals surface area contributed by atoms with Gasteiger partial charge in [0.1, 0.15) is 17.9 Å². The van der Waals surface area contributed by atoms with Crippen LogP contribution >= 0.6 is 0 Å². The van der Waals surface area contributed by atoms with Crippen molar-refractivity contribution in [1.29, 1.82) is 5.41 Å². The Kier molecular flexibility index (Phi) is 4.22. The Balaban J connectivity index is 1.89. The summed E-state index contributed by atoms with van der Waals surface area (Å²) in [6.45, 7) is 0. The van der Waals surface area contributed by atoms with Crippen LogP contribution in [0.25, 0.3) is 33.7 Å². The van der Waals surface area contributed by atoms with E-state index in [4.69, 9.17) is 15.6 Å². The highest BCUT2D eigenvalue weighted by atomic mass is 19.1. The van der Waals surface area contributed by atoms with Crippen LogP contribution < -0.4 is 5.73 Å². The molecule has 2 aromatic carbocycles. The Bertz CT molecular complexity index is 1150. The Morgan fingerprint density at radius 1 is 1.04 bits per heavy atom. The van der Waals surface area contributed by atoms with Crippen molar-refractivity contribution in [2.45, 2.75) is 0 Å². The molecular weight excluding hydrogens is 343 g/mol. The number of benzene rings is 2. The largest absolute Gasteiger partial charge is 0.438 e. The summed E-state index contributed by atoms with van der Waals surface area (Å²) in [7, 11) is 0. The molecule has 0 amide bonds. The van der Waals surface area contributed by atoms with Crippen LogP contribution in [0.2, 0.25) is 0 Å². The fourth-order valence-electron chi connectivity index (χ4n) is 2.87. The third-order valence-electron chi connectivity index (χ3n) is 4.23. The lowest BCUT2D eigenvalue weighted by molar-refractivity contribution is 0.617. The molecule has 0 aliphatic heterocycles. The van der Waals surface area contributed by atoms with Gasteiger partial charge in [-0.3, -0.25) is 0 Å². The van der Waals surface area contributed by atoms with E-state index in [1.165, 1.54) is 18.5 Å². The molecule has 2 heterocycles. The summed E-state index contributed by atoms with van der Waals surface area (Å²) in [6.07, 6.45) is 2.51. The standard InChI is InChI=1S/C21H15FN4O/c22-15-8-6-14(7-9-15)19(24)17(11-23)20-16-10-18(13-4-2-1-3-5-13)27-21(16)26-12-25-20/h1-12,23H,24H2/b19-17+,23-11?. The molecule has 5 nitrogen and oxygen atoms in total. The van der Waals surface area contributed by atoms with Gasteiger partial charge in [0.25, 0.3) is 0 Å². The van der Waals surface area contributed by atoms with Gasteiger partial charge in [0.15, 0.2) is 0 Å². The lowest BCUT2D eigenvalue weighted by Crippen LogP contribution is -2.04. The first-order chi connectivity index (χ1) is 13.2. The molecule has 4 rings (SSSR count). The van der Waals surface area contributed by atoms with Gasteiger partial charge in [-0.2, -0.15) is 0 Å². The number of nitrogens with one attached hydrogen (secondary N) is 1. The second-order valence-electron chi connectivity index (χ2n) is 5.90. The van der Waals surface area contributed by atoms with Gasteiger partial charge in [0.05, 0.1) is 11.1 Å². The predicted octanol–water partition coefficient (Wildman–Crippen LogP) is 4.51. The van der Waals surface area contributed by atoms with E-state index in [9.17, 15) is 4.39 Å². The molecule has 132 valence electrons. The summed E-state index contributed by atoms with van der Waals surface area (Å²) in [4.78, 5) is 8.50. The minimum atomic E-state index is -0.352. The van der Waals surface area contributed by atoms with E-state index < -0.39 is 0 Å². The van der Waals surface area contributed by atoms with E-state index in [0.717, 1.165) is 11.8 Å². The molecule has 0 atom stereocenters. The van der Waals surface area contributed by atoms with Crippen LogP contribution in [0, 0.1) is 11.2 Å². The molecule has 0 saturated heterocycles. The molecule has 0 radical (unpaired) electrons. The zero-order valence-electron chi connectivity index (χ0n) is 14.2. The SMILES string of the molecule is N=C/C(=C(\N)c1ccc(F)cc1)c1ncnc2oc(-c3ccccc3)cc12. The monoisotopic (exact) mass is 358 g/mol. The number of halogens is 1. The summed E-state index contributed by atoms with van der Waals surface area (Å²) in [6, 6.07) is 17.3. The fraction of sp³-hybridized carbons (Fsp3) is 0. The van der Waals surface area contributed by atoms with E-state index in [-0.39, 0.29) is 5.82 Å². The summed E-state index contributed by atoms with van der Waals surface area (Å²) in [5.74, 6) is 0.298. The highest BCUT2D eigenvalue weighted by Gasteiger charge is 2.16. The van der Waals surface area contributed by atoms with Crippen molar-refractivity contribution in [3.05, 3.63) is 84.1 Å². The molecule has 0 bridgehead atoms. The van der Waals surface area contributed by atoms with Crippen molar-refractivity contribution >= 4 is 28.6 Å². The Labute approximate surface area is 154 Å². The fourth-order valence-corrected chi connectivity index (χ4v) is 2.87. The van der Waals surface area contributed by atoms with Gasteiger partial charge >= 0.3 is 0 Å². The molecule has 3 N–H and O–H groups in total. The van der Waals surface area contributed by atoms with E-state index in [1.807, 2.05) is 36.4 Å². The van der Waals surface area contributed by atoms with Crippen molar-refractivity contribution in [3.8, 4) is 11.3 Å². The van der Waals surface area contributed by atoms with Crippen LogP contribution in [-0.4, -0.2) is 16.2 Å². The highest BCUT2D eigenvalue weighted by Crippen LogP contribution is 2.31. The lowest BCUT2D eigenvalue weighted by Gasteiger charge is -2.08. The van der Waals surface area contributed by atoms with E-state index in [1.54, 1.807) is 12.1 Å². The predicted molar refractivity (Wildman–Crippen MR) is 103 cm³/mol. The maximum atomic E-state index is 13.2. The third kappa shape index (κ3) is 3.08. The maximum Gasteiger partial charge on any atom is 0.230 e. The molecule has 0 spiro atoms. The van der Waals surface area contributed by atoms with Crippen LogP contribution in [0.5, 0.6) is 0 Å². The number of furan rings is 1. The summed E-state index contributed by atoms with van der Waals surface area (Å²) >= 11 is 0. The van der Waals surface area contributed by atoms with Gasteiger partial charge in [-0.05, 0) is 35.9 Å². The van der Waals surface area contributed by atoms with Crippen LogP contribution in [0.3, 0.4) is 0 Å². The highest BCUT2D eigenvalue weighted by molar-refractivity contribution is 6.20. The molecule has 0 fully saturated rings. The minimum absolute atomic E-state index is 0.326. The number of allylic oxidation sites excluding steroid dienone is 1. The van der Waals surface area contributed by atoms with Crippen molar-refractivity contribution < 1.29 is 8.81 Å². The molecule has 0 saturated carbocycles. The van der Waals surface area contributed by atoms with Crippen molar-refractivity contribution in [2.24, 2.45) is 5.73 Å². The molecule has 4 aromatic rings. The van der Waals surface area contributed by atoms with Gasteiger partial charge in [-0.1, -0.05) is 30.3 Å². The zero-order valence-corrected chi connectivity index (χ0v) is 14.2. The second kappa shape index (κ2) is 6.84. The number of nitrogens with zero attached hydrogens (tertiary/aromatic N) is 2. The summed E-state index contributed by atoms with van der Waals surface area (Å²) in [5.41, 5.74) is 9.41. The van der Waals surface area contributed by atoms with Crippen molar-refractivity contribution in [2.75, 3.05) is 0 Å². The quantitative estimate of drug-likeness (QED) is 0.526. The molecule has 6 heteroatoms. The Hall–Kier alpha value is -3.80. The van der Waals surface area contributed by atoms with Gasteiger partial charge in [0.2, 0.25) is 5.71 Å². The van der Waals surface area contributed by atoms with Gasteiger partial charge in [-0.15, -0.1) is 0 Å². The smallest absolute Gasteiger partial charge is 0.230 e. The van der Waals surface area contributed by atoms with Crippen LogP contribution in [0.4, 0.5) is 4.39 Å².